The predicted molar refractivity (Wildman–Crippen MR) is 123 cm³/mol. The molecule has 1 N–H and O–H groups in total. The number of nitrogens with zero attached hydrogens (tertiary/aromatic N) is 3. The van der Waals surface area contributed by atoms with Gasteiger partial charge in [-0.25, -0.2) is 18.3 Å². The Morgan fingerprint density at radius 2 is 1.74 bits per heavy atom. The van der Waals surface area contributed by atoms with Crippen LogP contribution in [0.3, 0.4) is 0 Å². The molecule has 1 aliphatic heterocycles. The van der Waals surface area contributed by atoms with E-state index in [1.807, 2.05) is 0 Å². The normalized spacial score (nSPS) is 16.1. The smallest absolute Gasteiger partial charge is 0.267 e. The van der Waals surface area contributed by atoms with Crippen LogP contribution >= 0.6 is 0 Å². The monoisotopic (exact) mass is 484 g/mol. The quantitative estimate of drug-likeness (QED) is 0.616. The highest BCUT2D eigenvalue weighted by Crippen LogP contribution is 2.25. The first-order valence-electron chi connectivity index (χ1n) is 11.0. The molecule has 2 amide bonds. The summed E-state index contributed by atoms with van der Waals surface area (Å²) < 4.78 is 42.0. The van der Waals surface area contributed by atoms with E-state index in [-0.39, 0.29) is 36.3 Å². The lowest BCUT2D eigenvalue weighted by Gasteiger charge is -2.39. The summed E-state index contributed by atoms with van der Waals surface area (Å²) in [6, 6.07) is 6.32. The first-order valence-corrected chi connectivity index (χ1v) is 11.0. The SMILES string of the molecule is Cc1c(Cc2ccc(F)c(C(=O)N3CC(=O)N(c4cc(F)cc(F)c4)[C@H](C)C3)c2)n[nH]c(=O)c1C. The molecule has 0 aliphatic carbocycles. The number of amides is 2. The zero-order valence-corrected chi connectivity index (χ0v) is 19.4. The van der Waals surface area contributed by atoms with Crippen LogP contribution in [-0.2, 0) is 11.2 Å². The van der Waals surface area contributed by atoms with E-state index in [1.54, 1.807) is 20.8 Å². The molecule has 0 saturated carbocycles. The molecule has 0 bridgehead atoms. The lowest BCUT2D eigenvalue weighted by atomic mass is 10.0. The lowest BCUT2D eigenvalue weighted by Crippen LogP contribution is -2.57. The summed E-state index contributed by atoms with van der Waals surface area (Å²) in [6.45, 7) is 4.76. The number of anilines is 1. The minimum absolute atomic E-state index is 0.0478. The van der Waals surface area contributed by atoms with Crippen molar-refractivity contribution in [1.82, 2.24) is 15.1 Å². The molecule has 1 atom stereocenters. The van der Waals surface area contributed by atoms with Gasteiger partial charge >= 0.3 is 0 Å². The number of halogens is 3. The Bertz CT molecular complexity index is 1370. The van der Waals surface area contributed by atoms with Crippen molar-refractivity contribution in [2.75, 3.05) is 18.0 Å². The van der Waals surface area contributed by atoms with Crippen molar-refractivity contribution in [3.8, 4) is 0 Å². The van der Waals surface area contributed by atoms with Gasteiger partial charge in [-0.3, -0.25) is 14.4 Å². The van der Waals surface area contributed by atoms with Crippen LogP contribution in [0.4, 0.5) is 18.9 Å². The molecule has 7 nitrogen and oxygen atoms in total. The number of hydrogen-bond donors (Lipinski definition) is 1. The summed E-state index contributed by atoms with van der Waals surface area (Å²) >= 11 is 0. The van der Waals surface area contributed by atoms with Gasteiger partial charge in [0.05, 0.1) is 17.3 Å². The first kappa shape index (κ1) is 24.2. The van der Waals surface area contributed by atoms with Gasteiger partial charge < -0.3 is 9.80 Å². The summed E-state index contributed by atoms with van der Waals surface area (Å²) in [6.07, 6.45) is 0.262. The van der Waals surface area contributed by atoms with E-state index >= 15 is 0 Å². The fraction of sp³-hybridized carbons (Fsp3) is 0.280. The van der Waals surface area contributed by atoms with Gasteiger partial charge in [0.15, 0.2) is 0 Å². The van der Waals surface area contributed by atoms with Crippen LogP contribution in [0.5, 0.6) is 0 Å². The van der Waals surface area contributed by atoms with Crippen molar-refractivity contribution in [1.29, 1.82) is 0 Å². The highest BCUT2D eigenvalue weighted by Gasteiger charge is 2.34. The van der Waals surface area contributed by atoms with Crippen LogP contribution in [0.15, 0.2) is 41.2 Å². The van der Waals surface area contributed by atoms with Crippen LogP contribution in [0.2, 0.25) is 0 Å². The van der Waals surface area contributed by atoms with Gasteiger partial charge in [0.2, 0.25) is 5.91 Å². The molecule has 0 radical (unpaired) electrons. The topological polar surface area (TPSA) is 86.4 Å². The summed E-state index contributed by atoms with van der Waals surface area (Å²) in [5, 5.41) is 6.48. The summed E-state index contributed by atoms with van der Waals surface area (Å²) in [5.74, 6) is -3.59. The Hall–Kier alpha value is -3.95. The third-order valence-electron chi connectivity index (χ3n) is 6.19. The molecule has 4 rings (SSSR count). The largest absolute Gasteiger partial charge is 0.327 e. The number of piperazine rings is 1. The lowest BCUT2D eigenvalue weighted by molar-refractivity contribution is -0.121. The van der Waals surface area contributed by atoms with Crippen LogP contribution < -0.4 is 10.5 Å². The second kappa shape index (κ2) is 9.36. The zero-order chi connectivity index (χ0) is 25.4. The van der Waals surface area contributed by atoms with Crippen molar-refractivity contribution in [2.45, 2.75) is 33.2 Å². The summed E-state index contributed by atoms with van der Waals surface area (Å²) in [7, 11) is 0. The number of hydrogen-bond acceptors (Lipinski definition) is 4. The molecule has 10 heteroatoms. The highest BCUT2D eigenvalue weighted by atomic mass is 19.1. The summed E-state index contributed by atoms with van der Waals surface area (Å²) in [4.78, 5) is 40.2. The number of benzene rings is 2. The molecule has 0 spiro atoms. The fourth-order valence-electron chi connectivity index (χ4n) is 4.24. The fourth-order valence-corrected chi connectivity index (χ4v) is 4.24. The molecule has 35 heavy (non-hydrogen) atoms. The molecule has 182 valence electrons. The van der Waals surface area contributed by atoms with Gasteiger partial charge in [-0.15, -0.1) is 0 Å². The third-order valence-corrected chi connectivity index (χ3v) is 6.19. The van der Waals surface area contributed by atoms with Gasteiger partial charge in [0.25, 0.3) is 11.5 Å². The number of aromatic nitrogens is 2. The number of carbonyl (C=O) groups is 2. The number of carbonyl (C=O) groups excluding carboxylic acids is 2. The molecular weight excluding hydrogens is 461 g/mol. The van der Waals surface area contributed by atoms with Crippen molar-refractivity contribution in [2.24, 2.45) is 0 Å². The van der Waals surface area contributed by atoms with E-state index in [2.05, 4.69) is 10.2 Å². The Morgan fingerprint density at radius 1 is 1.06 bits per heavy atom. The van der Waals surface area contributed by atoms with Crippen LogP contribution in [0.25, 0.3) is 0 Å². The Balaban J connectivity index is 1.56. The van der Waals surface area contributed by atoms with Gasteiger partial charge in [-0.1, -0.05) is 6.07 Å². The average Bonchev–Trinajstić information content (AvgIpc) is 2.79. The molecule has 1 aliphatic rings. The second-order valence-electron chi connectivity index (χ2n) is 8.67. The van der Waals surface area contributed by atoms with E-state index in [9.17, 15) is 27.6 Å². The zero-order valence-electron chi connectivity index (χ0n) is 19.4. The molecule has 1 saturated heterocycles. The van der Waals surface area contributed by atoms with Crippen LogP contribution in [0, 0.1) is 31.3 Å². The maximum atomic E-state index is 14.6. The maximum Gasteiger partial charge on any atom is 0.267 e. The van der Waals surface area contributed by atoms with E-state index < -0.39 is 35.3 Å². The second-order valence-corrected chi connectivity index (χ2v) is 8.67. The minimum Gasteiger partial charge on any atom is -0.327 e. The van der Waals surface area contributed by atoms with E-state index in [4.69, 9.17) is 0 Å². The molecule has 3 aromatic rings. The number of nitrogens with one attached hydrogen (secondary N) is 1. The van der Waals surface area contributed by atoms with E-state index in [1.165, 1.54) is 28.0 Å². The van der Waals surface area contributed by atoms with E-state index in [0.717, 1.165) is 12.1 Å². The number of H-pyrrole nitrogens is 1. The van der Waals surface area contributed by atoms with Gasteiger partial charge in [0, 0.05) is 30.3 Å². The van der Waals surface area contributed by atoms with E-state index in [0.29, 0.717) is 28.5 Å². The van der Waals surface area contributed by atoms with Crippen LogP contribution in [-0.4, -0.2) is 46.0 Å². The number of rotatable bonds is 4. The molecule has 2 aromatic carbocycles. The van der Waals surface area contributed by atoms with Crippen LogP contribution in [0.1, 0.15) is 39.7 Å². The Labute approximate surface area is 199 Å². The van der Waals surface area contributed by atoms with Crippen molar-refractivity contribution in [3.63, 3.8) is 0 Å². The van der Waals surface area contributed by atoms with Gasteiger partial charge in [-0.2, -0.15) is 5.10 Å². The molecular formula is C25H23F3N4O3. The van der Waals surface area contributed by atoms with Crippen molar-refractivity contribution in [3.05, 3.63) is 92.2 Å². The third kappa shape index (κ3) is 4.82. The average molecular weight is 484 g/mol. The minimum atomic E-state index is -0.820. The maximum absolute atomic E-state index is 14.6. The van der Waals surface area contributed by atoms with Crippen molar-refractivity contribution >= 4 is 17.5 Å². The Kier molecular flexibility index (Phi) is 6.47. The molecule has 0 unspecified atom stereocenters. The van der Waals surface area contributed by atoms with Crippen molar-refractivity contribution < 1.29 is 22.8 Å². The number of aromatic amines is 1. The highest BCUT2D eigenvalue weighted by molar-refractivity contribution is 6.02. The Morgan fingerprint density at radius 3 is 2.40 bits per heavy atom. The van der Waals surface area contributed by atoms with Gasteiger partial charge in [-0.05, 0) is 56.2 Å². The first-order chi connectivity index (χ1) is 16.5. The standard InChI is InChI=1S/C25H23F3N4O3/c1-13-11-31(12-23(33)32(13)19-9-17(26)8-18(27)10-19)25(35)20-6-16(4-5-21(20)28)7-22-14(2)15(3)24(34)30-29-22/h4-6,8-10,13H,7,11-12H2,1-3H3,(H,30,34)/t13-/m1/s1. The molecule has 1 aromatic heterocycles. The predicted octanol–water partition coefficient (Wildman–Crippen LogP) is 3.27. The van der Waals surface area contributed by atoms with Gasteiger partial charge in [0.1, 0.15) is 24.0 Å². The summed E-state index contributed by atoms with van der Waals surface area (Å²) in [5.41, 5.74) is 1.98. The molecule has 1 fully saturated rings. The molecule has 2 heterocycles.